The van der Waals surface area contributed by atoms with Crippen molar-refractivity contribution in [2.75, 3.05) is 0 Å². The summed E-state index contributed by atoms with van der Waals surface area (Å²) in [5, 5.41) is 7.57. The van der Waals surface area contributed by atoms with E-state index in [9.17, 15) is 0 Å². The molecule has 2 nitrogen and oxygen atoms in total. The minimum atomic E-state index is 1.15. The molecule has 7 aromatic carbocycles. The lowest BCUT2D eigenvalue weighted by Crippen LogP contribution is -1.98. The van der Waals surface area contributed by atoms with Crippen molar-refractivity contribution in [2.24, 2.45) is 0 Å². The summed E-state index contributed by atoms with van der Waals surface area (Å²) >= 11 is 0. The Hall–Kier alpha value is -6.12. The van der Waals surface area contributed by atoms with Crippen LogP contribution in [0.25, 0.3) is 87.8 Å². The molecule has 0 fully saturated rings. The van der Waals surface area contributed by atoms with Crippen LogP contribution in [0.1, 0.15) is 0 Å². The highest BCUT2D eigenvalue weighted by Gasteiger charge is 2.20. The molecule has 0 saturated carbocycles. The molecule has 0 aliphatic carbocycles. The Morgan fingerprint density at radius 1 is 0.326 bits per heavy atom. The Bertz CT molecular complexity index is 2730. The second kappa shape index (κ2) is 9.69. The smallest absolute Gasteiger partial charge is 0.0640 e. The number of para-hydroxylation sites is 2. The Kier molecular flexibility index (Phi) is 5.31. The van der Waals surface area contributed by atoms with E-state index < -0.39 is 0 Å². The van der Waals surface area contributed by atoms with E-state index in [0.717, 1.165) is 5.69 Å². The predicted octanol–water partition coefficient (Wildman–Crippen LogP) is 11.8. The summed E-state index contributed by atoms with van der Waals surface area (Å²) in [6.07, 6.45) is 0. The Balaban J connectivity index is 1.43. The van der Waals surface area contributed by atoms with Crippen LogP contribution in [-0.2, 0) is 0 Å². The van der Waals surface area contributed by atoms with Crippen LogP contribution in [0.2, 0.25) is 0 Å². The van der Waals surface area contributed by atoms with Crippen LogP contribution < -0.4 is 0 Å². The average molecular weight is 585 g/mol. The fourth-order valence-corrected chi connectivity index (χ4v) is 7.64. The van der Waals surface area contributed by atoms with Gasteiger partial charge in [-0.25, -0.2) is 0 Å². The minimum Gasteiger partial charge on any atom is -0.309 e. The molecule has 3 heterocycles. The zero-order valence-electron chi connectivity index (χ0n) is 25.1. The topological polar surface area (TPSA) is 9.34 Å². The van der Waals surface area contributed by atoms with Gasteiger partial charge in [-0.3, -0.25) is 0 Å². The van der Waals surface area contributed by atoms with E-state index in [0.29, 0.717) is 0 Å². The monoisotopic (exact) mass is 584 g/mol. The third-order valence-electron chi connectivity index (χ3n) is 9.63. The molecule has 0 radical (unpaired) electrons. The van der Waals surface area contributed by atoms with E-state index in [2.05, 4.69) is 179 Å². The lowest BCUT2D eigenvalue weighted by Gasteiger charge is -2.16. The SMILES string of the molecule is c1ccc(-c2cc(-c3ccccc3)cc(-n3c4ccccc4c4ccc5c(c6ccccc6c6cc7ccccc7n65)c43)c2)cc1. The van der Waals surface area contributed by atoms with E-state index in [1.54, 1.807) is 0 Å². The van der Waals surface area contributed by atoms with Crippen molar-refractivity contribution in [1.82, 2.24) is 8.97 Å². The van der Waals surface area contributed by atoms with E-state index in [4.69, 9.17) is 0 Å². The molecule has 0 aliphatic heterocycles. The average Bonchev–Trinajstić information content (AvgIpc) is 3.69. The van der Waals surface area contributed by atoms with Crippen molar-refractivity contribution in [2.45, 2.75) is 0 Å². The maximum Gasteiger partial charge on any atom is 0.0640 e. The fraction of sp³-hybridized carbons (Fsp3) is 0. The summed E-state index contributed by atoms with van der Waals surface area (Å²) in [7, 11) is 0. The molecule has 0 spiro atoms. The normalized spacial score (nSPS) is 11.9. The molecule has 0 saturated heterocycles. The van der Waals surface area contributed by atoms with Crippen LogP contribution in [0.15, 0.2) is 170 Å². The summed E-state index contributed by atoms with van der Waals surface area (Å²) in [5.41, 5.74) is 12.1. The van der Waals surface area contributed by atoms with Gasteiger partial charge in [-0.15, -0.1) is 0 Å². The van der Waals surface area contributed by atoms with E-state index in [1.165, 1.54) is 82.2 Å². The molecule has 10 rings (SSSR count). The van der Waals surface area contributed by atoms with Crippen molar-refractivity contribution < 1.29 is 0 Å². The highest BCUT2D eigenvalue weighted by atomic mass is 15.0. The molecule has 46 heavy (non-hydrogen) atoms. The fourth-order valence-electron chi connectivity index (χ4n) is 7.64. The predicted molar refractivity (Wildman–Crippen MR) is 195 cm³/mol. The molecular formula is C44H28N2. The second-order valence-corrected chi connectivity index (χ2v) is 12.2. The first-order valence-electron chi connectivity index (χ1n) is 15.9. The molecular weight excluding hydrogens is 556 g/mol. The number of rotatable bonds is 3. The van der Waals surface area contributed by atoms with Gasteiger partial charge in [0.25, 0.3) is 0 Å². The molecule has 0 aliphatic rings. The first kappa shape index (κ1) is 25.2. The summed E-state index contributed by atoms with van der Waals surface area (Å²) in [4.78, 5) is 0. The van der Waals surface area contributed by atoms with Gasteiger partial charge < -0.3 is 8.97 Å². The van der Waals surface area contributed by atoms with Gasteiger partial charge in [0.15, 0.2) is 0 Å². The van der Waals surface area contributed by atoms with Gasteiger partial charge in [0, 0.05) is 32.6 Å². The highest BCUT2D eigenvalue weighted by Crippen LogP contribution is 2.43. The van der Waals surface area contributed by atoms with Crippen molar-refractivity contribution in [3.05, 3.63) is 170 Å². The summed E-state index contributed by atoms with van der Waals surface area (Å²) in [6, 6.07) is 62.0. The zero-order valence-corrected chi connectivity index (χ0v) is 25.1. The third kappa shape index (κ3) is 3.59. The molecule has 10 aromatic rings. The highest BCUT2D eigenvalue weighted by molar-refractivity contribution is 6.27. The molecule has 214 valence electrons. The van der Waals surface area contributed by atoms with Gasteiger partial charge in [0.2, 0.25) is 0 Å². The number of nitrogens with zero attached hydrogens (tertiary/aromatic N) is 2. The van der Waals surface area contributed by atoms with Gasteiger partial charge in [0.05, 0.1) is 27.6 Å². The molecule has 0 unspecified atom stereocenters. The Morgan fingerprint density at radius 2 is 0.891 bits per heavy atom. The summed E-state index contributed by atoms with van der Waals surface area (Å²) in [5.74, 6) is 0. The van der Waals surface area contributed by atoms with Crippen molar-refractivity contribution >= 4 is 59.9 Å². The lowest BCUT2D eigenvalue weighted by atomic mass is 9.97. The summed E-state index contributed by atoms with van der Waals surface area (Å²) in [6.45, 7) is 0. The van der Waals surface area contributed by atoms with Crippen LogP contribution in [0.4, 0.5) is 0 Å². The lowest BCUT2D eigenvalue weighted by molar-refractivity contribution is 1.19. The van der Waals surface area contributed by atoms with Crippen LogP contribution >= 0.6 is 0 Å². The van der Waals surface area contributed by atoms with Gasteiger partial charge in [-0.05, 0) is 70.1 Å². The first-order valence-corrected chi connectivity index (χ1v) is 15.9. The molecule has 0 N–H and O–H groups in total. The number of pyridine rings is 1. The quantitative estimate of drug-likeness (QED) is 0.183. The van der Waals surface area contributed by atoms with Gasteiger partial charge in [-0.1, -0.05) is 127 Å². The minimum absolute atomic E-state index is 1.15. The van der Waals surface area contributed by atoms with Crippen LogP contribution in [-0.4, -0.2) is 8.97 Å². The Labute approximate surface area is 266 Å². The number of aromatic nitrogens is 2. The van der Waals surface area contributed by atoms with Crippen molar-refractivity contribution in [1.29, 1.82) is 0 Å². The van der Waals surface area contributed by atoms with E-state index >= 15 is 0 Å². The Morgan fingerprint density at radius 3 is 1.59 bits per heavy atom. The van der Waals surface area contributed by atoms with Gasteiger partial charge >= 0.3 is 0 Å². The van der Waals surface area contributed by atoms with Crippen molar-refractivity contribution in [3.63, 3.8) is 0 Å². The van der Waals surface area contributed by atoms with Crippen LogP contribution in [0.3, 0.4) is 0 Å². The molecule has 0 amide bonds. The maximum atomic E-state index is 2.51. The second-order valence-electron chi connectivity index (χ2n) is 12.2. The molecule has 3 aromatic heterocycles. The first-order chi connectivity index (χ1) is 22.8. The number of hydrogen-bond donors (Lipinski definition) is 0. The van der Waals surface area contributed by atoms with Crippen LogP contribution in [0, 0.1) is 0 Å². The number of fused-ring (bicyclic) bond motifs is 12. The molecule has 0 atom stereocenters. The number of benzene rings is 7. The summed E-state index contributed by atoms with van der Waals surface area (Å²) < 4.78 is 4.97. The van der Waals surface area contributed by atoms with Crippen molar-refractivity contribution in [3.8, 4) is 27.9 Å². The maximum absolute atomic E-state index is 2.51. The molecule has 2 heteroatoms. The van der Waals surface area contributed by atoms with Gasteiger partial charge in [0.1, 0.15) is 0 Å². The van der Waals surface area contributed by atoms with E-state index in [-0.39, 0.29) is 0 Å². The third-order valence-corrected chi connectivity index (χ3v) is 9.63. The van der Waals surface area contributed by atoms with Crippen LogP contribution in [0.5, 0.6) is 0 Å². The van der Waals surface area contributed by atoms with Gasteiger partial charge in [-0.2, -0.15) is 0 Å². The largest absolute Gasteiger partial charge is 0.309 e. The van der Waals surface area contributed by atoms with E-state index in [1.807, 2.05) is 0 Å². The standard InChI is InChI=1S/C44H28N2/c1-3-13-29(14-4-1)32-25-33(30-15-5-2-6-16-30)27-34(26-32)45-40-22-12-10-19-36(40)38-23-24-41-43(44(38)45)37-20-9-8-18-35(37)42-28-31-17-7-11-21-39(31)46(41)42/h1-28H. The zero-order chi connectivity index (χ0) is 30.2. The number of hydrogen-bond acceptors (Lipinski definition) is 0. The molecule has 0 bridgehead atoms.